The first kappa shape index (κ1) is 38.4. The Morgan fingerprint density at radius 2 is 0.727 bits per heavy atom. The second-order valence-electron chi connectivity index (χ2n) is 8.73. The van der Waals surface area contributed by atoms with Gasteiger partial charge in [0.1, 0.15) is 0 Å². The van der Waals surface area contributed by atoms with Gasteiger partial charge in [-0.3, -0.25) is 0 Å². The van der Waals surface area contributed by atoms with Crippen LogP contribution in [0.25, 0.3) is 0 Å². The van der Waals surface area contributed by atoms with Gasteiger partial charge in [-0.25, -0.2) is 8.37 Å². The van der Waals surface area contributed by atoms with E-state index in [1.54, 1.807) is 6.92 Å². The van der Waals surface area contributed by atoms with Crippen LogP contribution in [0.1, 0.15) is 151 Å². The van der Waals surface area contributed by atoms with Crippen LogP contribution in [0.15, 0.2) is 0 Å². The normalized spacial score (nSPS) is 11.0. The van der Waals surface area contributed by atoms with Crippen LogP contribution in [-0.4, -0.2) is 33.3 Å². The van der Waals surface area contributed by atoms with Crippen LogP contribution >= 0.6 is 0 Å². The Kier molecular flexibility index (Phi) is 38.2. The molecule has 7 heteroatoms. The van der Waals surface area contributed by atoms with E-state index in [1.807, 2.05) is 0 Å². The fourth-order valence-electron chi connectivity index (χ4n) is 3.53. The summed E-state index contributed by atoms with van der Waals surface area (Å²) in [6.45, 7) is 6.91. The van der Waals surface area contributed by atoms with Gasteiger partial charge >= 0.3 is 40.0 Å². The summed E-state index contributed by atoms with van der Waals surface area (Å²) in [6.07, 6.45) is 24.4. The van der Waals surface area contributed by atoms with Crippen LogP contribution in [0.3, 0.4) is 0 Å². The summed E-state index contributed by atoms with van der Waals surface area (Å²) in [5.41, 5.74) is 0. The molecule has 0 aromatic rings. The van der Waals surface area contributed by atoms with Crippen molar-refractivity contribution < 1.29 is 52.9 Å². The van der Waals surface area contributed by atoms with Crippen molar-refractivity contribution >= 4 is 10.4 Å². The Bertz CT molecular complexity index is 407. The topological polar surface area (TPSA) is 72.8 Å². The maximum absolute atomic E-state index is 11.7. The predicted octanol–water partition coefficient (Wildman–Crippen LogP) is 5.22. The van der Waals surface area contributed by atoms with E-state index in [0.717, 1.165) is 38.5 Å². The van der Waals surface area contributed by atoms with Crippen molar-refractivity contribution in [1.29, 1.82) is 0 Å². The Hall–Kier alpha value is 0.830. The molecule has 0 aromatic heterocycles. The molecule has 0 heterocycles. The number of unbranched alkanes of at least 4 members (excludes halogenated alkanes) is 18. The van der Waals surface area contributed by atoms with Crippen LogP contribution in [0.2, 0.25) is 0 Å². The van der Waals surface area contributed by atoms with E-state index in [-0.39, 0.29) is 50.8 Å². The minimum absolute atomic E-state index is 0. The third-order valence-electron chi connectivity index (χ3n) is 5.45. The molecule has 198 valence electrons. The molecule has 0 spiro atoms. The quantitative estimate of drug-likeness (QED) is 0.144. The zero-order valence-corrected chi connectivity index (χ0v) is 25.6. The summed E-state index contributed by atoms with van der Waals surface area (Å²) >= 11 is 0. The Balaban J connectivity index is -0.000000850. The molecular weight excluding hydrogens is 447 g/mol. The molecule has 0 aliphatic heterocycles. The third kappa shape index (κ3) is 37.5. The van der Waals surface area contributed by atoms with Gasteiger partial charge in [-0.2, -0.15) is 8.42 Å². The molecular formula is C26H57NaO5S. The van der Waals surface area contributed by atoms with Gasteiger partial charge in [-0.1, -0.05) is 129 Å². The van der Waals surface area contributed by atoms with E-state index in [9.17, 15) is 8.42 Å². The van der Waals surface area contributed by atoms with Crippen LogP contribution in [-0.2, 0) is 18.8 Å². The van der Waals surface area contributed by atoms with Crippen LogP contribution in [0.5, 0.6) is 0 Å². The minimum atomic E-state index is -3.80. The SMILES string of the molecule is CCCCCCCCCCCCOS(=O)(=O)OCCCCCCCCCCCC.CCO.[H-].[Na+]. The average molecular weight is 505 g/mol. The smallest absolute Gasteiger partial charge is 1.00 e. The zero-order valence-electron chi connectivity index (χ0n) is 23.8. The fraction of sp³-hybridized carbons (Fsp3) is 1.00. The number of hydrogen-bond donors (Lipinski definition) is 1. The van der Waals surface area contributed by atoms with Gasteiger partial charge in [0.25, 0.3) is 0 Å². The maximum Gasteiger partial charge on any atom is 1.00 e. The standard InChI is InChI=1S/C24H50O4S.C2H6O.Na.H/c1-3-5-7-9-11-13-15-17-19-21-23-27-29(25,26)28-24-22-20-18-16-14-12-10-8-6-4-2;1-2-3;;/h3-24H2,1-2H3;3H,2H2,1H3;;/q;;+1;-1. The molecule has 0 bridgehead atoms. The van der Waals surface area contributed by atoms with Crippen LogP contribution in [0, 0.1) is 0 Å². The minimum Gasteiger partial charge on any atom is -1.00 e. The predicted molar refractivity (Wildman–Crippen MR) is 138 cm³/mol. The molecule has 0 aliphatic carbocycles. The van der Waals surface area contributed by atoms with E-state index >= 15 is 0 Å². The van der Waals surface area contributed by atoms with Gasteiger partial charge in [-0.15, -0.1) is 0 Å². The number of rotatable bonds is 24. The zero-order chi connectivity index (χ0) is 24.2. The van der Waals surface area contributed by atoms with Crippen molar-refractivity contribution in [2.45, 2.75) is 149 Å². The van der Waals surface area contributed by atoms with Crippen molar-refractivity contribution in [3.8, 4) is 0 Å². The molecule has 0 fully saturated rings. The molecule has 33 heavy (non-hydrogen) atoms. The van der Waals surface area contributed by atoms with E-state index in [4.69, 9.17) is 13.5 Å². The first-order chi connectivity index (χ1) is 15.5. The van der Waals surface area contributed by atoms with Gasteiger partial charge in [0.15, 0.2) is 0 Å². The average Bonchev–Trinajstić information content (AvgIpc) is 2.76. The van der Waals surface area contributed by atoms with Crippen molar-refractivity contribution in [3.05, 3.63) is 0 Å². The summed E-state index contributed by atoms with van der Waals surface area (Å²) in [6, 6.07) is 0. The Morgan fingerprint density at radius 3 is 0.970 bits per heavy atom. The largest absolute Gasteiger partial charge is 1.00 e. The number of aliphatic hydroxyl groups is 1. The van der Waals surface area contributed by atoms with E-state index in [2.05, 4.69) is 13.8 Å². The van der Waals surface area contributed by atoms with E-state index in [0.29, 0.717) is 0 Å². The summed E-state index contributed by atoms with van der Waals surface area (Å²) in [5, 5.41) is 7.57. The monoisotopic (exact) mass is 504 g/mol. The van der Waals surface area contributed by atoms with Crippen LogP contribution in [0.4, 0.5) is 0 Å². The molecule has 0 saturated carbocycles. The Morgan fingerprint density at radius 1 is 0.515 bits per heavy atom. The van der Waals surface area contributed by atoms with E-state index < -0.39 is 10.4 Å². The number of hydrogen-bond acceptors (Lipinski definition) is 5. The molecule has 0 saturated heterocycles. The summed E-state index contributed by atoms with van der Waals surface area (Å²) < 4.78 is 33.3. The van der Waals surface area contributed by atoms with Gasteiger partial charge in [0.05, 0.1) is 13.2 Å². The van der Waals surface area contributed by atoms with Crippen LogP contribution < -0.4 is 29.6 Å². The molecule has 5 nitrogen and oxygen atoms in total. The molecule has 0 aliphatic rings. The van der Waals surface area contributed by atoms with Gasteiger partial charge < -0.3 is 6.53 Å². The molecule has 0 aromatic carbocycles. The van der Waals surface area contributed by atoms with Crippen molar-refractivity contribution in [1.82, 2.24) is 0 Å². The molecule has 0 rings (SSSR count). The summed E-state index contributed by atoms with van der Waals surface area (Å²) in [4.78, 5) is 0. The summed E-state index contributed by atoms with van der Waals surface area (Å²) in [5.74, 6) is 0. The van der Waals surface area contributed by atoms with Gasteiger partial charge in [0, 0.05) is 6.61 Å². The second kappa shape index (κ2) is 32.8. The molecule has 0 atom stereocenters. The Labute approximate surface area is 231 Å². The summed E-state index contributed by atoms with van der Waals surface area (Å²) in [7, 11) is -3.80. The molecule has 1 N–H and O–H groups in total. The molecule has 0 radical (unpaired) electrons. The maximum atomic E-state index is 11.7. The van der Waals surface area contributed by atoms with Crippen molar-refractivity contribution in [2.75, 3.05) is 19.8 Å². The van der Waals surface area contributed by atoms with Gasteiger partial charge in [-0.05, 0) is 19.8 Å². The van der Waals surface area contributed by atoms with E-state index in [1.165, 1.54) is 89.9 Å². The number of aliphatic hydroxyl groups excluding tert-OH is 1. The third-order valence-corrected chi connectivity index (χ3v) is 6.36. The first-order valence-corrected chi connectivity index (χ1v) is 15.0. The molecule has 0 unspecified atom stereocenters. The van der Waals surface area contributed by atoms with Gasteiger partial charge in [0.2, 0.25) is 0 Å². The fourth-order valence-corrected chi connectivity index (χ4v) is 4.25. The first-order valence-electron chi connectivity index (χ1n) is 13.7. The van der Waals surface area contributed by atoms with Crippen molar-refractivity contribution in [3.63, 3.8) is 0 Å². The molecule has 0 amide bonds. The second-order valence-corrected chi connectivity index (χ2v) is 10.0. The van der Waals surface area contributed by atoms with Crippen molar-refractivity contribution in [2.24, 2.45) is 0 Å².